The summed E-state index contributed by atoms with van der Waals surface area (Å²) in [6.07, 6.45) is 1.24. The minimum Gasteiger partial charge on any atom is -0.385 e. The third kappa shape index (κ3) is 7.19. The molecule has 0 radical (unpaired) electrons. The zero-order valence-corrected chi connectivity index (χ0v) is 12.7. The Morgan fingerprint density at radius 2 is 1.95 bits per heavy atom. The van der Waals surface area contributed by atoms with Gasteiger partial charge in [0.1, 0.15) is 0 Å². The van der Waals surface area contributed by atoms with Crippen LogP contribution < -0.4 is 16.2 Å². The molecule has 8 heteroatoms. The van der Waals surface area contributed by atoms with E-state index >= 15 is 0 Å². The predicted molar refractivity (Wildman–Crippen MR) is 81.0 cm³/mol. The second-order valence-corrected chi connectivity index (χ2v) is 6.35. The van der Waals surface area contributed by atoms with E-state index in [9.17, 15) is 13.2 Å². The predicted octanol–water partition coefficient (Wildman–Crippen LogP) is 0.168. The number of primary sulfonamides is 1. The highest BCUT2D eigenvalue weighted by atomic mass is 32.2. The van der Waals surface area contributed by atoms with Gasteiger partial charge >= 0.3 is 0 Å². The number of nitrogens with two attached hydrogens (primary N) is 2. The maximum atomic E-state index is 11.8. The Morgan fingerprint density at radius 3 is 2.48 bits per heavy atom. The minimum absolute atomic E-state index is 0.238. The van der Waals surface area contributed by atoms with Crippen LogP contribution in [-0.2, 0) is 25.3 Å². The van der Waals surface area contributed by atoms with Crippen LogP contribution in [0.5, 0.6) is 0 Å². The average molecular weight is 315 g/mol. The Balaban J connectivity index is 2.53. The third-order valence-electron chi connectivity index (χ3n) is 2.79. The van der Waals surface area contributed by atoms with Crippen LogP contribution in [0.25, 0.3) is 0 Å². The van der Waals surface area contributed by atoms with Crippen molar-refractivity contribution in [1.29, 1.82) is 0 Å². The molecule has 0 saturated carbocycles. The van der Waals surface area contributed by atoms with E-state index in [4.69, 9.17) is 15.6 Å². The number of hydrogen-bond donors (Lipinski definition) is 3. The topological polar surface area (TPSA) is 125 Å². The summed E-state index contributed by atoms with van der Waals surface area (Å²) >= 11 is 0. The van der Waals surface area contributed by atoms with Crippen molar-refractivity contribution in [3.05, 3.63) is 29.8 Å². The zero-order valence-electron chi connectivity index (χ0n) is 11.9. The summed E-state index contributed by atoms with van der Waals surface area (Å²) in [5.41, 5.74) is 6.87. The minimum atomic E-state index is -3.56. The summed E-state index contributed by atoms with van der Waals surface area (Å²) in [6.45, 7) is 0.559. The molecule has 1 aromatic rings. The van der Waals surface area contributed by atoms with Gasteiger partial charge in [0.15, 0.2) is 0 Å². The van der Waals surface area contributed by atoms with Crippen LogP contribution in [0.1, 0.15) is 18.4 Å². The van der Waals surface area contributed by atoms with Crippen LogP contribution in [0.4, 0.5) is 5.69 Å². The molecule has 0 aliphatic carbocycles. The van der Waals surface area contributed by atoms with E-state index in [1.807, 2.05) is 0 Å². The van der Waals surface area contributed by atoms with Crippen molar-refractivity contribution in [3.63, 3.8) is 0 Å². The third-order valence-corrected chi connectivity index (χ3v) is 3.53. The van der Waals surface area contributed by atoms with Crippen LogP contribution in [0, 0.1) is 0 Å². The fraction of sp³-hybridized carbons (Fsp3) is 0.462. The van der Waals surface area contributed by atoms with Gasteiger partial charge in [-0.15, -0.1) is 0 Å². The van der Waals surface area contributed by atoms with E-state index in [0.717, 1.165) is 0 Å². The Labute approximate surface area is 124 Å². The van der Waals surface area contributed by atoms with Gasteiger partial charge in [-0.05, 0) is 30.5 Å². The molecule has 0 bridgehead atoms. The molecule has 0 saturated heterocycles. The van der Waals surface area contributed by atoms with Gasteiger partial charge in [0.2, 0.25) is 15.9 Å². The van der Waals surface area contributed by atoms with Crippen molar-refractivity contribution in [2.24, 2.45) is 10.9 Å². The lowest BCUT2D eigenvalue weighted by atomic mass is 10.1. The van der Waals surface area contributed by atoms with Crippen molar-refractivity contribution >= 4 is 21.6 Å². The normalized spacial score (nSPS) is 12.9. The van der Waals surface area contributed by atoms with Gasteiger partial charge in [0, 0.05) is 19.4 Å². The largest absolute Gasteiger partial charge is 0.385 e. The SMILES string of the molecule is COCCCC(N)C(=O)Nc1ccc(CS(N)(=O)=O)cc1. The van der Waals surface area contributed by atoms with Crippen molar-refractivity contribution in [2.45, 2.75) is 24.6 Å². The van der Waals surface area contributed by atoms with Crippen LogP contribution in [-0.4, -0.2) is 34.1 Å². The summed E-state index contributed by atoms with van der Waals surface area (Å²) in [4.78, 5) is 11.8. The highest BCUT2D eigenvalue weighted by molar-refractivity contribution is 7.88. The second kappa shape index (κ2) is 8.08. The number of carbonyl (C=O) groups excluding carboxylic acids is 1. The molecule has 1 amide bonds. The number of carbonyl (C=O) groups is 1. The lowest BCUT2D eigenvalue weighted by Crippen LogP contribution is -2.35. The molecule has 0 aliphatic heterocycles. The van der Waals surface area contributed by atoms with E-state index in [0.29, 0.717) is 30.7 Å². The first kappa shape index (κ1) is 17.6. The van der Waals surface area contributed by atoms with Gasteiger partial charge in [-0.25, -0.2) is 13.6 Å². The summed E-state index contributed by atoms with van der Waals surface area (Å²) in [5.74, 6) is -0.525. The molecular weight excluding hydrogens is 294 g/mol. The number of rotatable bonds is 8. The summed E-state index contributed by atoms with van der Waals surface area (Å²) in [7, 11) is -1.97. The molecule has 0 fully saturated rings. The van der Waals surface area contributed by atoms with Crippen molar-refractivity contribution in [3.8, 4) is 0 Å². The summed E-state index contributed by atoms with van der Waals surface area (Å²) < 4.78 is 26.8. The Morgan fingerprint density at radius 1 is 1.33 bits per heavy atom. The zero-order chi connectivity index (χ0) is 15.9. The Kier molecular flexibility index (Phi) is 6.76. The number of hydrogen-bond acceptors (Lipinski definition) is 5. The van der Waals surface area contributed by atoms with Gasteiger partial charge < -0.3 is 15.8 Å². The number of ether oxygens (including phenoxy) is 1. The van der Waals surface area contributed by atoms with E-state index in [2.05, 4.69) is 5.32 Å². The van der Waals surface area contributed by atoms with E-state index in [-0.39, 0.29) is 11.7 Å². The molecule has 1 unspecified atom stereocenters. The molecule has 0 aromatic heterocycles. The molecule has 0 heterocycles. The second-order valence-electron chi connectivity index (χ2n) is 4.73. The van der Waals surface area contributed by atoms with Crippen LogP contribution >= 0.6 is 0 Å². The molecule has 1 rings (SSSR count). The first-order valence-corrected chi connectivity index (χ1v) is 8.18. The number of sulfonamides is 1. The average Bonchev–Trinajstić information content (AvgIpc) is 2.39. The molecule has 0 aliphatic rings. The molecule has 7 nitrogen and oxygen atoms in total. The lowest BCUT2D eigenvalue weighted by molar-refractivity contribution is -0.117. The fourth-order valence-corrected chi connectivity index (χ4v) is 2.39. The Hall–Kier alpha value is -1.48. The lowest BCUT2D eigenvalue weighted by Gasteiger charge is -2.12. The van der Waals surface area contributed by atoms with E-state index in [1.54, 1.807) is 31.4 Å². The maximum absolute atomic E-state index is 11.8. The Bertz CT molecular complexity index is 557. The summed E-state index contributed by atoms with van der Waals surface area (Å²) in [6, 6.07) is 5.80. The van der Waals surface area contributed by atoms with Crippen molar-refractivity contribution in [1.82, 2.24) is 0 Å². The molecule has 1 aromatic carbocycles. The van der Waals surface area contributed by atoms with E-state index < -0.39 is 16.1 Å². The van der Waals surface area contributed by atoms with Gasteiger partial charge in [0.05, 0.1) is 11.8 Å². The molecule has 0 spiro atoms. The first-order valence-electron chi connectivity index (χ1n) is 6.46. The van der Waals surface area contributed by atoms with Crippen LogP contribution in [0.15, 0.2) is 24.3 Å². The molecule has 5 N–H and O–H groups in total. The number of amides is 1. The molecular formula is C13H21N3O4S. The summed E-state index contributed by atoms with van der Waals surface area (Å²) in [5, 5.41) is 7.63. The van der Waals surface area contributed by atoms with Gasteiger partial charge in [-0.3, -0.25) is 4.79 Å². The molecule has 1 atom stereocenters. The van der Waals surface area contributed by atoms with Gasteiger partial charge in [-0.1, -0.05) is 12.1 Å². The van der Waals surface area contributed by atoms with E-state index in [1.165, 1.54) is 0 Å². The van der Waals surface area contributed by atoms with Crippen LogP contribution in [0.3, 0.4) is 0 Å². The highest BCUT2D eigenvalue weighted by Gasteiger charge is 2.13. The first-order chi connectivity index (χ1) is 9.81. The number of benzene rings is 1. The van der Waals surface area contributed by atoms with Crippen molar-refractivity contribution < 1.29 is 17.9 Å². The monoisotopic (exact) mass is 315 g/mol. The smallest absolute Gasteiger partial charge is 0.241 e. The molecule has 21 heavy (non-hydrogen) atoms. The number of methoxy groups -OCH3 is 1. The van der Waals surface area contributed by atoms with Crippen LogP contribution in [0.2, 0.25) is 0 Å². The van der Waals surface area contributed by atoms with Gasteiger partial charge in [-0.2, -0.15) is 0 Å². The standard InChI is InChI=1S/C13H21N3O4S/c1-20-8-2-3-12(14)13(17)16-11-6-4-10(5-7-11)9-21(15,18)19/h4-7,12H,2-3,8-9,14H2,1H3,(H,16,17)(H2,15,18,19). The fourth-order valence-electron chi connectivity index (χ4n) is 1.73. The maximum Gasteiger partial charge on any atom is 0.241 e. The number of anilines is 1. The quantitative estimate of drug-likeness (QED) is 0.590. The van der Waals surface area contributed by atoms with Crippen molar-refractivity contribution in [2.75, 3.05) is 19.0 Å². The number of nitrogens with one attached hydrogen (secondary N) is 1. The van der Waals surface area contributed by atoms with Gasteiger partial charge in [0.25, 0.3) is 0 Å². The molecule has 118 valence electrons. The highest BCUT2D eigenvalue weighted by Crippen LogP contribution is 2.12.